The van der Waals surface area contributed by atoms with Gasteiger partial charge in [-0.25, -0.2) is 0 Å². The minimum absolute atomic E-state index is 1.11. The highest BCUT2D eigenvalue weighted by atomic mass is 79.9. The number of hydrogen-bond acceptors (Lipinski definition) is 0. The van der Waals surface area contributed by atoms with E-state index in [1.807, 2.05) is 24.3 Å². The van der Waals surface area contributed by atoms with E-state index in [1.54, 1.807) is 0 Å². The fourth-order valence-electron chi connectivity index (χ4n) is 0.430. The highest BCUT2D eigenvalue weighted by molar-refractivity contribution is 9.11. The van der Waals surface area contributed by atoms with Crippen molar-refractivity contribution in [2.45, 2.75) is 0 Å². The molecule has 0 aliphatic rings. The monoisotopic (exact) mass is 240 g/mol. The Bertz CT molecular complexity index is 145. The minimum Gasteiger partial charge on any atom is -0.0508 e. The lowest BCUT2D eigenvalue weighted by atomic mass is 11.4. The van der Waals surface area contributed by atoms with Gasteiger partial charge in [-0.1, -0.05) is 31.9 Å². The van der Waals surface area contributed by atoms with Crippen LogP contribution < -0.4 is 0 Å². The molecule has 8 heavy (non-hydrogen) atoms. The summed E-state index contributed by atoms with van der Waals surface area (Å²) in [5.74, 6) is 0. The van der Waals surface area contributed by atoms with Crippen molar-refractivity contribution in [3.05, 3.63) is 33.2 Å². The first-order valence-corrected chi connectivity index (χ1v) is 3.79. The molecule has 0 fully saturated rings. The van der Waals surface area contributed by atoms with Crippen molar-refractivity contribution in [3.63, 3.8) is 0 Å². The van der Waals surface area contributed by atoms with E-state index in [0.717, 1.165) is 8.95 Å². The first-order valence-electron chi connectivity index (χ1n) is 2.20. The third-order valence-electron chi connectivity index (χ3n) is 0.804. The van der Waals surface area contributed by atoms with E-state index in [0.29, 0.717) is 0 Å². The van der Waals surface area contributed by atoms with Crippen LogP contribution in [0.5, 0.6) is 0 Å². The Kier molecular flexibility index (Phi) is 2.08. The molecule has 0 atom stereocenters. The third-order valence-corrected chi connectivity index (χ3v) is 1.86. The van der Waals surface area contributed by atoms with Crippen LogP contribution in [0.4, 0.5) is 0 Å². The van der Waals surface area contributed by atoms with Gasteiger partial charge in [0.2, 0.25) is 0 Å². The second kappa shape index (κ2) is 2.65. The number of halogens is 2. The summed E-state index contributed by atoms with van der Waals surface area (Å²) in [5.41, 5.74) is 0. The highest BCUT2D eigenvalue weighted by Crippen LogP contribution is 2.13. The summed E-state index contributed by atoms with van der Waals surface area (Å²) in [6.45, 7) is 0. The van der Waals surface area contributed by atoms with Gasteiger partial charge in [0, 0.05) is 8.95 Å². The van der Waals surface area contributed by atoms with Gasteiger partial charge in [0.05, 0.1) is 0 Å². The van der Waals surface area contributed by atoms with E-state index in [9.17, 15) is 0 Å². The third kappa shape index (κ3) is 1.60. The summed E-state index contributed by atoms with van der Waals surface area (Å²) in [6, 6.07) is 7.96. The van der Waals surface area contributed by atoms with Crippen molar-refractivity contribution >= 4 is 31.9 Å². The first-order chi connectivity index (χ1) is 3.79. The van der Waals surface area contributed by atoms with Crippen molar-refractivity contribution in [1.82, 2.24) is 0 Å². The molecule has 0 radical (unpaired) electrons. The summed E-state index contributed by atoms with van der Waals surface area (Å²) in [6.07, 6.45) is 0. The van der Waals surface area contributed by atoms with Crippen molar-refractivity contribution < 1.29 is 0 Å². The van der Waals surface area contributed by atoms with Gasteiger partial charge in [0.1, 0.15) is 0 Å². The molecule has 0 aliphatic heterocycles. The molecule has 1 rings (SSSR count). The van der Waals surface area contributed by atoms with Gasteiger partial charge in [-0.2, -0.15) is 0 Å². The zero-order valence-electron chi connectivity index (χ0n) is 4.07. The van der Waals surface area contributed by atoms with E-state index < -0.39 is 0 Å². The van der Waals surface area contributed by atoms with Crippen LogP contribution in [0.2, 0.25) is 0 Å². The summed E-state index contributed by atoms with van der Waals surface area (Å²) in [7, 11) is 0. The highest BCUT2D eigenvalue weighted by Gasteiger charge is 1.83. The van der Waals surface area contributed by atoms with Gasteiger partial charge in [-0.05, 0) is 24.3 Å². The maximum absolute atomic E-state index is 3.32. The normalized spacial score (nSPS) is 9.25. The van der Waals surface area contributed by atoms with Crippen LogP contribution in [0, 0.1) is 0 Å². The van der Waals surface area contributed by atoms with Gasteiger partial charge in [-0.3, -0.25) is 0 Å². The molecule has 1 aromatic rings. The Morgan fingerprint density at radius 2 is 1.00 bits per heavy atom. The van der Waals surface area contributed by atoms with Crippen molar-refractivity contribution in [1.29, 1.82) is 0 Å². The zero-order valence-corrected chi connectivity index (χ0v) is 7.24. The molecule has 0 aliphatic carbocycles. The lowest BCUT2D eigenvalue weighted by Crippen LogP contribution is -1.61. The molecule has 0 saturated heterocycles. The Labute approximate surface area is 65.2 Å². The summed E-state index contributed by atoms with van der Waals surface area (Å²) < 4.78 is 2.22. The van der Waals surface area contributed by atoms with E-state index >= 15 is 0 Å². The lowest BCUT2D eigenvalue weighted by Gasteiger charge is -1.86. The second-order valence-corrected chi connectivity index (χ2v) is 3.27. The topological polar surface area (TPSA) is 0 Å². The zero-order chi connectivity index (χ0) is 5.98. The van der Waals surface area contributed by atoms with Gasteiger partial charge < -0.3 is 0 Å². The van der Waals surface area contributed by atoms with E-state index in [1.165, 1.54) is 0 Å². The Hall–Kier alpha value is 0.180. The molecule has 0 bridgehead atoms. The van der Waals surface area contributed by atoms with Crippen LogP contribution in [0.15, 0.2) is 33.2 Å². The van der Waals surface area contributed by atoms with Crippen LogP contribution >= 0.6 is 31.9 Å². The number of hydrogen-bond donors (Lipinski definition) is 0. The molecular formula is C6H4Br2. The predicted octanol–water partition coefficient (Wildman–Crippen LogP) is 3.21. The molecule has 42 valence electrons. The van der Waals surface area contributed by atoms with E-state index in [2.05, 4.69) is 31.9 Å². The second-order valence-electron chi connectivity index (χ2n) is 1.44. The average molecular weight is 242 g/mol. The Balaban J connectivity index is 3.03. The van der Waals surface area contributed by atoms with Crippen molar-refractivity contribution in [2.75, 3.05) is 0 Å². The molecule has 0 amide bonds. The van der Waals surface area contributed by atoms with Crippen LogP contribution in [0.1, 0.15) is 0 Å². The van der Waals surface area contributed by atoms with Crippen LogP contribution in [-0.2, 0) is 0 Å². The predicted molar refractivity (Wildman–Crippen MR) is 41.8 cm³/mol. The van der Waals surface area contributed by atoms with Gasteiger partial charge in [0.25, 0.3) is 0 Å². The molecule has 2 heteroatoms. The van der Waals surface area contributed by atoms with Crippen molar-refractivity contribution in [3.8, 4) is 0 Å². The maximum Gasteiger partial charge on any atom is 0.0176 e. The maximum atomic E-state index is 3.32. The molecule has 0 spiro atoms. The summed E-state index contributed by atoms with van der Waals surface area (Å²) >= 11 is 6.65. The van der Waals surface area contributed by atoms with Gasteiger partial charge in [-0.15, -0.1) is 0 Å². The summed E-state index contributed by atoms with van der Waals surface area (Å²) in [4.78, 5) is 0. The number of benzene rings is 1. The quantitative estimate of drug-likeness (QED) is 0.655. The average Bonchev–Trinajstić information content (AvgIpc) is 1.77. The molecule has 0 nitrogen and oxygen atoms in total. The first kappa shape index (κ1) is 6.30. The fourth-order valence-corrected chi connectivity index (χ4v) is 0.958. The molecule has 0 aromatic heterocycles. The van der Waals surface area contributed by atoms with E-state index in [4.69, 9.17) is 0 Å². The lowest BCUT2D eigenvalue weighted by molar-refractivity contribution is 1.61. The molecule has 0 saturated carbocycles. The van der Waals surface area contributed by atoms with Crippen molar-refractivity contribution in [2.24, 2.45) is 0 Å². The molecule has 0 unspecified atom stereocenters. The molecular weight excluding hydrogens is 238 g/mol. The molecule has 0 N–H and O–H groups in total. The van der Waals surface area contributed by atoms with Crippen LogP contribution in [0.25, 0.3) is 0 Å². The minimum atomic E-state index is 1.11. The van der Waals surface area contributed by atoms with Gasteiger partial charge in [0.15, 0.2) is 0 Å². The van der Waals surface area contributed by atoms with Crippen LogP contribution in [-0.4, -0.2) is 0 Å². The fraction of sp³-hybridized carbons (Fsp3) is 0. The standard InChI is InChI=1S/C6H4Br2/c7-5-1-2-6(8)4-3-5/h1-4H/i1+1,2+1,3+1,4+1,5+1,6+1. The SMILES string of the molecule is Br[13c]1[13cH][13cH][13c](Br)[13cH][13cH]1. The molecule has 1 aromatic carbocycles. The smallest absolute Gasteiger partial charge is 0.0176 e. The Morgan fingerprint density at radius 3 is 1.25 bits per heavy atom. The van der Waals surface area contributed by atoms with Crippen LogP contribution in [0.3, 0.4) is 0 Å². The molecule has 0 heterocycles. The summed E-state index contributed by atoms with van der Waals surface area (Å²) in [5, 5.41) is 0. The van der Waals surface area contributed by atoms with E-state index in [-0.39, 0.29) is 0 Å². The Morgan fingerprint density at radius 1 is 0.750 bits per heavy atom. The largest absolute Gasteiger partial charge is 0.0508 e. The van der Waals surface area contributed by atoms with Gasteiger partial charge >= 0.3 is 0 Å². The number of rotatable bonds is 0.